The summed E-state index contributed by atoms with van der Waals surface area (Å²) in [5.74, 6) is 1.68. The van der Waals surface area contributed by atoms with Crippen LogP contribution in [0.15, 0.2) is 34.7 Å². The first kappa shape index (κ1) is 9.54. The molecule has 1 aliphatic carbocycles. The smallest absolute Gasteiger partial charge is 0.247 e. The fourth-order valence-electron chi connectivity index (χ4n) is 1.96. The van der Waals surface area contributed by atoms with Crippen LogP contribution in [0.25, 0.3) is 11.5 Å². The van der Waals surface area contributed by atoms with E-state index in [9.17, 15) is 0 Å². The topological polar surface area (TPSA) is 64.9 Å². The maximum Gasteiger partial charge on any atom is 0.247 e. The van der Waals surface area contributed by atoms with Gasteiger partial charge in [-0.05, 0) is 25.0 Å². The highest BCUT2D eigenvalue weighted by atomic mass is 16.4. The summed E-state index contributed by atoms with van der Waals surface area (Å²) in [7, 11) is 0. The van der Waals surface area contributed by atoms with Gasteiger partial charge in [0.15, 0.2) is 0 Å². The molecule has 2 aromatic rings. The molecule has 1 aliphatic rings. The van der Waals surface area contributed by atoms with E-state index in [4.69, 9.17) is 10.2 Å². The summed E-state index contributed by atoms with van der Waals surface area (Å²) in [6.45, 7) is 0. The number of hydrogen-bond donors (Lipinski definition) is 1. The van der Waals surface area contributed by atoms with Gasteiger partial charge in [0.25, 0.3) is 0 Å². The number of nitrogens with two attached hydrogens (primary N) is 1. The highest BCUT2D eigenvalue weighted by Crippen LogP contribution is 2.35. The molecule has 0 amide bonds. The molecule has 0 bridgehead atoms. The van der Waals surface area contributed by atoms with Crippen molar-refractivity contribution in [3.63, 3.8) is 0 Å². The van der Waals surface area contributed by atoms with Crippen LogP contribution in [0.5, 0.6) is 0 Å². The Labute approximate surface area is 93.5 Å². The molecule has 1 saturated carbocycles. The molecule has 2 N–H and O–H groups in total. The van der Waals surface area contributed by atoms with Gasteiger partial charge in [-0.3, -0.25) is 0 Å². The molecule has 0 unspecified atom stereocenters. The normalized spacial score (nSPS) is 24.1. The van der Waals surface area contributed by atoms with Crippen molar-refractivity contribution in [1.29, 1.82) is 0 Å². The van der Waals surface area contributed by atoms with Gasteiger partial charge in [-0.2, -0.15) is 0 Å². The molecule has 1 aromatic heterocycles. The summed E-state index contributed by atoms with van der Waals surface area (Å²) in [6.07, 6.45) is 1.91. The minimum atomic E-state index is 0.303. The number of benzene rings is 1. The Hall–Kier alpha value is -1.68. The standard InChI is InChI=1S/C12H13N3O/c13-10-6-9(7-10)12-15-14-11(16-12)8-4-2-1-3-5-8/h1-5,9-10H,6-7,13H2/t9-,10+. The van der Waals surface area contributed by atoms with Crippen molar-refractivity contribution < 1.29 is 4.42 Å². The molecule has 0 atom stereocenters. The lowest BCUT2D eigenvalue weighted by molar-refractivity contribution is 0.295. The maximum absolute atomic E-state index is 5.73. The van der Waals surface area contributed by atoms with E-state index in [1.54, 1.807) is 0 Å². The molecule has 0 saturated heterocycles. The van der Waals surface area contributed by atoms with Crippen LogP contribution < -0.4 is 5.73 Å². The largest absolute Gasteiger partial charge is 0.420 e. The lowest BCUT2D eigenvalue weighted by Crippen LogP contribution is -2.34. The average molecular weight is 215 g/mol. The minimum Gasteiger partial charge on any atom is -0.420 e. The lowest BCUT2D eigenvalue weighted by Gasteiger charge is -2.29. The molecule has 0 spiro atoms. The van der Waals surface area contributed by atoms with Gasteiger partial charge in [-0.25, -0.2) is 0 Å². The molecule has 3 rings (SSSR count). The van der Waals surface area contributed by atoms with Crippen LogP contribution in [0.4, 0.5) is 0 Å². The second-order valence-electron chi connectivity index (χ2n) is 4.24. The van der Waals surface area contributed by atoms with Crippen molar-refractivity contribution in [3.05, 3.63) is 36.2 Å². The highest BCUT2D eigenvalue weighted by Gasteiger charge is 2.31. The highest BCUT2D eigenvalue weighted by molar-refractivity contribution is 5.51. The zero-order valence-electron chi connectivity index (χ0n) is 8.84. The van der Waals surface area contributed by atoms with Crippen LogP contribution in [0.1, 0.15) is 24.7 Å². The van der Waals surface area contributed by atoms with Crippen molar-refractivity contribution in [2.75, 3.05) is 0 Å². The first-order valence-corrected chi connectivity index (χ1v) is 5.47. The Kier molecular flexibility index (Phi) is 2.22. The van der Waals surface area contributed by atoms with E-state index < -0.39 is 0 Å². The van der Waals surface area contributed by atoms with Crippen molar-refractivity contribution in [1.82, 2.24) is 10.2 Å². The van der Waals surface area contributed by atoms with Gasteiger partial charge in [0.2, 0.25) is 11.8 Å². The van der Waals surface area contributed by atoms with Crippen LogP contribution >= 0.6 is 0 Å². The van der Waals surface area contributed by atoms with E-state index in [-0.39, 0.29) is 0 Å². The van der Waals surface area contributed by atoms with Gasteiger partial charge >= 0.3 is 0 Å². The fraction of sp³-hybridized carbons (Fsp3) is 0.333. The van der Waals surface area contributed by atoms with Crippen molar-refractivity contribution in [2.24, 2.45) is 5.73 Å². The summed E-state index contributed by atoms with van der Waals surface area (Å²) >= 11 is 0. The lowest BCUT2D eigenvalue weighted by atomic mass is 9.81. The molecule has 0 radical (unpaired) electrons. The SMILES string of the molecule is N[C@H]1C[C@@H](c2nnc(-c3ccccc3)o2)C1. The van der Waals surface area contributed by atoms with Crippen LogP contribution in [0, 0.1) is 0 Å². The molecular formula is C12H13N3O. The number of hydrogen-bond acceptors (Lipinski definition) is 4. The summed E-state index contributed by atoms with van der Waals surface area (Å²) in [4.78, 5) is 0. The van der Waals surface area contributed by atoms with Crippen LogP contribution in [-0.4, -0.2) is 16.2 Å². The Balaban J connectivity index is 1.83. The summed E-state index contributed by atoms with van der Waals surface area (Å²) in [6, 6.07) is 10.1. The van der Waals surface area contributed by atoms with E-state index in [1.807, 2.05) is 30.3 Å². The third kappa shape index (κ3) is 1.61. The molecule has 1 heterocycles. The molecule has 82 valence electrons. The van der Waals surface area contributed by atoms with E-state index >= 15 is 0 Å². The number of aromatic nitrogens is 2. The van der Waals surface area contributed by atoms with Crippen molar-refractivity contribution >= 4 is 0 Å². The molecular weight excluding hydrogens is 202 g/mol. The van der Waals surface area contributed by atoms with Crippen LogP contribution in [-0.2, 0) is 0 Å². The van der Waals surface area contributed by atoms with Crippen LogP contribution in [0.2, 0.25) is 0 Å². The zero-order chi connectivity index (χ0) is 11.0. The van der Waals surface area contributed by atoms with Gasteiger partial charge < -0.3 is 10.2 Å². The quantitative estimate of drug-likeness (QED) is 0.831. The number of rotatable bonds is 2. The summed E-state index contributed by atoms with van der Waals surface area (Å²) < 4.78 is 5.64. The van der Waals surface area contributed by atoms with E-state index in [2.05, 4.69) is 10.2 Å². The van der Waals surface area contributed by atoms with Gasteiger partial charge in [0.05, 0.1) is 0 Å². The van der Waals surface area contributed by atoms with E-state index in [1.165, 1.54) is 0 Å². The van der Waals surface area contributed by atoms with Crippen LogP contribution in [0.3, 0.4) is 0 Å². The first-order valence-electron chi connectivity index (χ1n) is 5.47. The number of nitrogens with zero attached hydrogens (tertiary/aromatic N) is 2. The third-order valence-electron chi connectivity index (χ3n) is 2.99. The van der Waals surface area contributed by atoms with Gasteiger partial charge in [-0.1, -0.05) is 18.2 Å². The van der Waals surface area contributed by atoms with Crippen molar-refractivity contribution in [3.8, 4) is 11.5 Å². The predicted octanol–water partition coefficient (Wildman–Crippen LogP) is 1.94. The monoisotopic (exact) mass is 215 g/mol. The van der Waals surface area contributed by atoms with Gasteiger partial charge in [-0.15, -0.1) is 10.2 Å². The molecule has 1 fully saturated rings. The van der Waals surface area contributed by atoms with Crippen molar-refractivity contribution in [2.45, 2.75) is 24.8 Å². The maximum atomic E-state index is 5.73. The first-order chi connectivity index (χ1) is 7.83. The predicted molar refractivity (Wildman–Crippen MR) is 59.7 cm³/mol. The van der Waals surface area contributed by atoms with Gasteiger partial charge in [0.1, 0.15) is 0 Å². The Morgan fingerprint density at radius 3 is 2.56 bits per heavy atom. The summed E-state index contributed by atoms with van der Waals surface area (Å²) in [5.41, 5.74) is 6.70. The molecule has 1 aromatic carbocycles. The summed E-state index contributed by atoms with van der Waals surface area (Å²) in [5, 5.41) is 8.13. The fourth-order valence-corrected chi connectivity index (χ4v) is 1.96. The molecule has 4 nitrogen and oxygen atoms in total. The van der Waals surface area contributed by atoms with Gasteiger partial charge in [0, 0.05) is 17.5 Å². The Bertz CT molecular complexity index is 474. The Morgan fingerprint density at radius 1 is 1.12 bits per heavy atom. The second kappa shape index (κ2) is 3.72. The zero-order valence-corrected chi connectivity index (χ0v) is 8.84. The molecule has 4 heteroatoms. The Morgan fingerprint density at radius 2 is 1.88 bits per heavy atom. The average Bonchev–Trinajstić information content (AvgIpc) is 2.75. The molecule has 16 heavy (non-hydrogen) atoms. The minimum absolute atomic E-state index is 0.303. The second-order valence-corrected chi connectivity index (χ2v) is 4.24. The van der Waals surface area contributed by atoms with E-state index in [0.29, 0.717) is 17.9 Å². The third-order valence-corrected chi connectivity index (χ3v) is 2.99. The molecule has 0 aliphatic heterocycles. The van der Waals surface area contributed by atoms with E-state index in [0.717, 1.165) is 24.3 Å².